The van der Waals surface area contributed by atoms with E-state index in [2.05, 4.69) is 10.3 Å². The Hall–Kier alpha value is -2.73. The Bertz CT molecular complexity index is 832. The highest BCUT2D eigenvalue weighted by Crippen LogP contribution is 2.28. The molecule has 0 atom stereocenters. The summed E-state index contributed by atoms with van der Waals surface area (Å²) in [5.74, 6) is -0.670. The zero-order chi connectivity index (χ0) is 15.5. The van der Waals surface area contributed by atoms with Gasteiger partial charge in [0.05, 0.1) is 4.88 Å². The number of aromatic hydroxyl groups is 1. The Labute approximate surface area is 129 Å². The molecule has 0 saturated heterocycles. The topological polar surface area (TPSA) is 62.2 Å². The lowest BCUT2D eigenvalue weighted by Gasteiger charge is -2.02. The first-order valence-corrected chi connectivity index (χ1v) is 7.25. The number of rotatable bonds is 3. The number of hydrogen-bond acceptors (Lipinski definition) is 4. The average molecular weight is 314 g/mol. The Morgan fingerprint density at radius 3 is 2.77 bits per heavy atom. The molecule has 0 fully saturated rings. The Morgan fingerprint density at radius 2 is 2.00 bits per heavy atom. The lowest BCUT2D eigenvalue weighted by Crippen LogP contribution is -2.11. The van der Waals surface area contributed by atoms with E-state index in [1.54, 1.807) is 30.5 Å². The highest BCUT2D eigenvalue weighted by Gasteiger charge is 2.13. The van der Waals surface area contributed by atoms with Gasteiger partial charge in [-0.05, 0) is 35.9 Å². The zero-order valence-electron chi connectivity index (χ0n) is 11.3. The van der Waals surface area contributed by atoms with Crippen LogP contribution in [0.3, 0.4) is 0 Å². The summed E-state index contributed by atoms with van der Waals surface area (Å²) in [6.07, 6.45) is 1.57. The van der Waals surface area contributed by atoms with E-state index < -0.39 is 11.7 Å². The number of nitrogens with one attached hydrogen (secondary N) is 1. The molecule has 0 bridgehead atoms. The number of halogens is 1. The van der Waals surface area contributed by atoms with Crippen molar-refractivity contribution in [3.8, 4) is 16.2 Å². The van der Waals surface area contributed by atoms with Crippen LogP contribution < -0.4 is 5.32 Å². The number of anilines is 1. The van der Waals surface area contributed by atoms with Crippen molar-refractivity contribution in [2.75, 3.05) is 5.32 Å². The molecule has 1 heterocycles. The molecule has 0 aliphatic carbocycles. The van der Waals surface area contributed by atoms with Crippen LogP contribution in [0.4, 0.5) is 10.1 Å². The van der Waals surface area contributed by atoms with Gasteiger partial charge in [-0.15, -0.1) is 11.3 Å². The number of phenolic OH excluding ortho intramolecular Hbond substituents is 1. The molecule has 22 heavy (non-hydrogen) atoms. The molecule has 0 unspecified atom stereocenters. The maximum absolute atomic E-state index is 13.1. The van der Waals surface area contributed by atoms with E-state index in [9.17, 15) is 14.3 Å². The van der Waals surface area contributed by atoms with Crippen LogP contribution in [-0.4, -0.2) is 16.0 Å². The first kappa shape index (κ1) is 14.2. The second kappa shape index (κ2) is 5.95. The van der Waals surface area contributed by atoms with Crippen molar-refractivity contribution in [3.05, 3.63) is 65.6 Å². The Kier molecular flexibility index (Phi) is 3.84. The van der Waals surface area contributed by atoms with Gasteiger partial charge in [0.15, 0.2) is 5.01 Å². The lowest BCUT2D eigenvalue weighted by molar-refractivity contribution is 0.102. The number of hydrogen-bond donors (Lipinski definition) is 2. The van der Waals surface area contributed by atoms with E-state index in [4.69, 9.17) is 0 Å². The summed E-state index contributed by atoms with van der Waals surface area (Å²) in [6, 6.07) is 12.4. The van der Waals surface area contributed by atoms with Gasteiger partial charge in [-0.3, -0.25) is 4.79 Å². The molecule has 0 spiro atoms. The van der Waals surface area contributed by atoms with Crippen molar-refractivity contribution in [1.29, 1.82) is 0 Å². The van der Waals surface area contributed by atoms with Crippen molar-refractivity contribution in [2.45, 2.75) is 0 Å². The van der Waals surface area contributed by atoms with Crippen LogP contribution in [0.15, 0.2) is 54.7 Å². The molecule has 0 saturated carbocycles. The highest BCUT2D eigenvalue weighted by molar-refractivity contribution is 7.17. The van der Waals surface area contributed by atoms with Crippen molar-refractivity contribution in [1.82, 2.24) is 4.98 Å². The predicted octanol–water partition coefficient (Wildman–Crippen LogP) is 3.91. The first-order valence-electron chi connectivity index (χ1n) is 6.44. The molecule has 4 nitrogen and oxygen atoms in total. The third kappa shape index (κ3) is 3.12. The van der Waals surface area contributed by atoms with Gasteiger partial charge in [0, 0.05) is 11.9 Å². The number of carbonyl (C=O) groups excluding carboxylic acids is 1. The second-order valence-electron chi connectivity index (χ2n) is 4.54. The molecule has 110 valence electrons. The van der Waals surface area contributed by atoms with Gasteiger partial charge in [0.2, 0.25) is 0 Å². The fraction of sp³-hybridized carbons (Fsp3) is 0. The number of phenols is 1. The summed E-state index contributed by atoms with van der Waals surface area (Å²) in [6.45, 7) is 0. The van der Waals surface area contributed by atoms with Gasteiger partial charge in [0.1, 0.15) is 11.6 Å². The van der Waals surface area contributed by atoms with Crippen molar-refractivity contribution in [2.24, 2.45) is 0 Å². The summed E-state index contributed by atoms with van der Waals surface area (Å²) < 4.78 is 13.1. The molecular weight excluding hydrogens is 303 g/mol. The minimum absolute atomic E-state index is 0.150. The van der Waals surface area contributed by atoms with E-state index in [-0.39, 0.29) is 10.8 Å². The van der Waals surface area contributed by atoms with Crippen molar-refractivity contribution in [3.63, 3.8) is 0 Å². The fourth-order valence-electron chi connectivity index (χ4n) is 1.92. The molecule has 0 radical (unpaired) electrons. The first-order chi connectivity index (χ1) is 10.6. The smallest absolute Gasteiger partial charge is 0.284 e. The molecule has 6 heteroatoms. The predicted molar refractivity (Wildman–Crippen MR) is 83.6 cm³/mol. The van der Waals surface area contributed by atoms with Gasteiger partial charge in [-0.1, -0.05) is 18.2 Å². The minimum Gasteiger partial charge on any atom is -0.508 e. The second-order valence-corrected chi connectivity index (χ2v) is 5.58. The quantitative estimate of drug-likeness (QED) is 0.770. The normalized spacial score (nSPS) is 10.4. The highest BCUT2D eigenvalue weighted by atomic mass is 32.1. The molecular formula is C16H11FN2O2S. The lowest BCUT2D eigenvalue weighted by atomic mass is 10.2. The van der Waals surface area contributed by atoms with Crippen LogP contribution in [0.1, 0.15) is 9.80 Å². The van der Waals surface area contributed by atoms with Gasteiger partial charge in [-0.2, -0.15) is 0 Å². The monoisotopic (exact) mass is 314 g/mol. The van der Waals surface area contributed by atoms with Gasteiger partial charge >= 0.3 is 0 Å². The van der Waals surface area contributed by atoms with E-state index in [0.717, 1.165) is 10.4 Å². The van der Waals surface area contributed by atoms with Crippen LogP contribution in [0.5, 0.6) is 5.75 Å². The maximum atomic E-state index is 13.1. The fourth-order valence-corrected chi connectivity index (χ4v) is 2.73. The van der Waals surface area contributed by atoms with Crippen LogP contribution in [0.2, 0.25) is 0 Å². The molecule has 0 aliphatic rings. The van der Waals surface area contributed by atoms with Gasteiger partial charge in [0.25, 0.3) is 5.91 Å². The van der Waals surface area contributed by atoms with E-state index in [1.807, 2.05) is 6.07 Å². The Morgan fingerprint density at radius 1 is 1.18 bits per heavy atom. The van der Waals surface area contributed by atoms with Crippen LogP contribution in [0.25, 0.3) is 10.4 Å². The summed E-state index contributed by atoms with van der Waals surface area (Å²) in [7, 11) is 0. The standard InChI is InChI=1S/C16H11FN2O2S/c17-11-4-2-5-12(8-11)19-15(21)16-18-9-14(22-16)10-3-1-6-13(20)7-10/h1-9,20H,(H,19,21). The number of aromatic nitrogens is 1. The Balaban J connectivity index is 1.80. The number of thiazole rings is 1. The molecule has 3 aromatic rings. The largest absolute Gasteiger partial charge is 0.508 e. The maximum Gasteiger partial charge on any atom is 0.284 e. The SMILES string of the molecule is O=C(Nc1cccc(F)c1)c1ncc(-c2cccc(O)c2)s1. The molecule has 1 amide bonds. The van der Waals surface area contributed by atoms with Gasteiger partial charge in [-0.25, -0.2) is 9.37 Å². The van der Waals surface area contributed by atoms with E-state index in [1.165, 1.54) is 29.5 Å². The molecule has 0 aliphatic heterocycles. The van der Waals surface area contributed by atoms with E-state index in [0.29, 0.717) is 5.69 Å². The summed E-state index contributed by atoms with van der Waals surface area (Å²) >= 11 is 1.20. The molecule has 3 rings (SSSR count). The van der Waals surface area contributed by atoms with Crippen LogP contribution >= 0.6 is 11.3 Å². The van der Waals surface area contributed by atoms with Crippen molar-refractivity contribution < 1.29 is 14.3 Å². The van der Waals surface area contributed by atoms with Crippen LogP contribution in [0, 0.1) is 5.82 Å². The number of benzene rings is 2. The third-order valence-corrected chi connectivity index (χ3v) is 3.96. The zero-order valence-corrected chi connectivity index (χ0v) is 12.1. The van der Waals surface area contributed by atoms with E-state index >= 15 is 0 Å². The summed E-state index contributed by atoms with van der Waals surface area (Å²) in [5, 5.41) is 12.3. The molecule has 1 aromatic heterocycles. The molecule has 2 N–H and O–H groups in total. The van der Waals surface area contributed by atoms with Gasteiger partial charge < -0.3 is 10.4 Å². The summed E-state index contributed by atoms with van der Waals surface area (Å²) in [4.78, 5) is 16.9. The number of carbonyl (C=O) groups is 1. The number of amides is 1. The minimum atomic E-state index is -0.419. The molecule has 2 aromatic carbocycles. The average Bonchev–Trinajstić information content (AvgIpc) is 2.97. The summed E-state index contributed by atoms with van der Waals surface area (Å²) in [5.41, 5.74) is 1.15. The third-order valence-electron chi connectivity index (χ3n) is 2.91. The van der Waals surface area contributed by atoms with Crippen molar-refractivity contribution >= 4 is 22.9 Å². The van der Waals surface area contributed by atoms with Crippen LogP contribution in [-0.2, 0) is 0 Å². The number of nitrogens with zero attached hydrogens (tertiary/aromatic N) is 1.